The molecule has 0 rings (SSSR count). The molecule has 0 saturated carbocycles. The van der Waals surface area contributed by atoms with Gasteiger partial charge in [0.1, 0.15) is 6.61 Å². The lowest BCUT2D eigenvalue weighted by Crippen LogP contribution is -2.30. The Morgan fingerprint density at radius 1 is 0.383 bits per heavy atom. The molecule has 60 heavy (non-hydrogen) atoms. The number of rotatable bonds is 47. The first-order chi connectivity index (χ1) is 29.6. The summed E-state index contributed by atoms with van der Waals surface area (Å²) in [6, 6.07) is 0. The van der Waals surface area contributed by atoms with Gasteiger partial charge in [-0.1, -0.05) is 216 Å². The Labute approximate surface area is 373 Å². The van der Waals surface area contributed by atoms with Gasteiger partial charge in [0.25, 0.3) is 0 Å². The predicted octanol–water partition coefficient (Wildman–Crippen LogP) is 17.3. The molecule has 348 valence electrons. The lowest BCUT2D eigenvalue weighted by atomic mass is 10.1. The Bertz CT molecular complexity index is 1040. The van der Waals surface area contributed by atoms with Gasteiger partial charge in [-0.2, -0.15) is 0 Å². The minimum atomic E-state index is -0.540. The number of hydrogen-bond donors (Lipinski definition) is 0. The third-order valence-electron chi connectivity index (χ3n) is 11.0. The van der Waals surface area contributed by atoms with Gasteiger partial charge >= 0.3 is 11.9 Å². The molecule has 0 heterocycles. The molecule has 0 bridgehead atoms. The second-order valence-electron chi connectivity index (χ2n) is 17.0. The first-order valence-electron chi connectivity index (χ1n) is 25.8. The summed E-state index contributed by atoms with van der Waals surface area (Å²) < 4.78 is 17.3. The van der Waals surface area contributed by atoms with Crippen molar-refractivity contribution in [1.29, 1.82) is 0 Å². The highest BCUT2D eigenvalue weighted by atomic mass is 16.6. The highest BCUT2D eigenvalue weighted by Crippen LogP contribution is 2.14. The van der Waals surface area contributed by atoms with Crippen molar-refractivity contribution >= 4 is 11.9 Å². The topological polar surface area (TPSA) is 61.8 Å². The van der Waals surface area contributed by atoms with E-state index in [1.807, 2.05) is 0 Å². The van der Waals surface area contributed by atoms with Crippen LogP contribution in [0.4, 0.5) is 0 Å². The minimum absolute atomic E-state index is 0.0799. The van der Waals surface area contributed by atoms with Crippen LogP contribution in [-0.2, 0) is 23.8 Å². The van der Waals surface area contributed by atoms with Gasteiger partial charge in [0.15, 0.2) is 6.10 Å². The molecule has 1 atom stereocenters. The lowest BCUT2D eigenvalue weighted by molar-refractivity contribution is -0.163. The third kappa shape index (κ3) is 48.3. The molecule has 0 N–H and O–H groups in total. The first kappa shape index (κ1) is 57.6. The Morgan fingerprint density at radius 2 is 0.750 bits per heavy atom. The van der Waals surface area contributed by atoms with Crippen LogP contribution in [0.5, 0.6) is 0 Å². The van der Waals surface area contributed by atoms with Crippen LogP contribution in [0.15, 0.2) is 60.8 Å². The zero-order valence-electron chi connectivity index (χ0n) is 40.0. The van der Waals surface area contributed by atoms with Crippen LogP contribution in [0.1, 0.15) is 252 Å². The zero-order chi connectivity index (χ0) is 43.5. The van der Waals surface area contributed by atoms with E-state index in [9.17, 15) is 9.59 Å². The molecule has 0 saturated heterocycles. The SMILES string of the molecule is CC/C=C\C/C=C\C/C=C\CCCCCCCCCC(=O)OC(COCCCCCCCCCC)COC(=O)CCCCCCCCCCC/C=C\C/C=C\CCCCC. The van der Waals surface area contributed by atoms with Crippen molar-refractivity contribution in [3.05, 3.63) is 60.8 Å². The first-order valence-corrected chi connectivity index (χ1v) is 25.8. The monoisotopic (exact) mass is 839 g/mol. The van der Waals surface area contributed by atoms with Gasteiger partial charge in [-0.15, -0.1) is 0 Å². The van der Waals surface area contributed by atoms with Crippen molar-refractivity contribution in [3.63, 3.8) is 0 Å². The molecule has 1 unspecified atom stereocenters. The third-order valence-corrected chi connectivity index (χ3v) is 11.0. The number of esters is 2. The molecule has 5 heteroatoms. The summed E-state index contributed by atoms with van der Waals surface area (Å²) in [6.07, 6.45) is 63.7. The van der Waals surface area contributed by atoms with Crippen molar-refractivity contribution in [3.8, 4) is 0 Å². The second kappa shape index (κ2) is 51.0. The van der Waals surface area contributed by atoms with E-state index in [4.69, 9.17) is 14.2 Å². The summed E-state index contributed by atoms with van der Waals surface area (Å²) in [5.74, 6) is -0.408. The number of unbranched alkanes of at least 4 members (excludes halogenated alkanes) is 26. The van der Waals surface area contributed by atoms with Crippen LogP contribution in [0.2, 0.25) is 0 Å². The fourth-order valence-electron chi connectivity index (χ4n) is 7.20. The van der Waals surface area contributed by atoms with Crippen LogP contribution in [-0.4, -0.2) is 37.9 Å². The van der Waals surface area contributed by atoms with E-state index in [0.717, 1.165) is 77.0 Å². The van der Waals surface area contributed by atoms with Crippen LogP contribution < -0.4 is 0 Å². The van der Waals surface area contributed by atoms with Crippen molar-refractivity contribution in [2.75, 3.05) is 19.8 Å². The Hall–Kier alpha value is -2.40. The Morgan fingerprint density at radius 3 is 1.23 bits per heavy atom. The van der Waals surface area contributed by atoms with E-state index in [1.165, 1.54) is 141 Å². The van der Waals surface area contributed by atoms with E-state index in [2.05, 4.69) is 81.5 Å². The Kier molecular flexibility index (Phi) is 48.9. The number of carbonyl (C=O) groups excluding carboxylic acids is 2. The van der Waals surface area contributed by atoms with E-state index < -0.39 is 6.10 Å². The molecule has 0 fully saturated rings. The average Bonchev–Trinajstić information content (AvgIpc) is 3.25. The smallest absolute Gasteiger partial charge is 0.306 e. The molecular weight excluding hydrogens is 741 g/mol. The van der Waals surface area contributed by atoms with Crippen LogP contribution in [0.25, 0.3) is 0 Å². The van der Waals surface area contributed by atoms with Crippen LogP contribution in [0.3, 0.4) is 0 Å². The van der Waals surface area contributed by atoms with Gasteiger partial charge in [-0.05, 0) is 83.5 Å². The maximum absolute atomic E-state index is 12.8. The van der Waals surface area contributed by atoms with Crippen LogP contribution >= 0.6 is 0 Å². The molecule has 0 spiro atoms. The number of ether oxygens (including phenoxy) is 3. The predicted molar refractivity (Wildman–Crippen MR) is 261 cm³/mol. The molecule has 0 aliphatic heterocycles. The number of hydrogen-bond acceptors (Lipinski definition) is 5. The summed E-state index contributed by atoms with van der Waals surface area (Å²) in [7, 11) is 0. The Balaban J connectivity index is 4.16. The van der Waals surface area contributed by atoms with E-state index in [-0.39, 0.29) is 25.2 Å². The minimum Gasteiger partial charge on any atom is -0.462 e. The highest BCUT2D eigenvalue weighted by molar-refractivity contribution is 5.70. The summed E-state index contributed by atoms with van der Waals surface area (Å²) in [6.45, 7) is 7.68. The molecule has 5 nitrogen and oxygen atoms in total. The zero-order valence-corrected chi connectivity index (χ0v) is 40.0. The normalized spacial score (nSPS) is 12.7. The molecule has 0 radical (unpaired) electrons. The van der Waals surface area contributed by atoms with Gasteiger partial charge in [0, 0.05) is 19.4 Å². The molecular formula is C55H98O5. The van der Waals surface area contributed by atoms with Gasteiger partial charge in [-0.3, -0.25) is 9.59 Å². The summed E-state index contributed by atoms with van der Waals surface area (Å²) in [5, 5.41) is 0. The molecule has 0 aliphatic rings. The van der Waals surface area contributed by atoms with Gasteiger partial charge in [0.2, 0.25) is 0 Å². The maximum atomic E-state index is 12.8. The second-order valence-corrected chi connectivity index (χ2v) is 17.0. The molecule has 0 aliphatic carbocycles. The lowest BCUT2D eigenvalue weighted by Gasteiger charge is -2.18. The standard InChI is InChI=1S/C55H98O5/c1-4-7-10-13-16-19-21-23-25-27-28-30-31-33-35-37-39-42-45-48-54(56)59-52-53(51-58-50-47-44-41-18-15-12-9-6-3)60-55(57)49-46-43-40-38-36-34-32-29-26-24-22-20-17-14-11-8-5-2/h8,11,16-17,19-20,23-26,53H,4-7,9-10,12-15,18,21-22,27-52H2,1-3H3/b11-8-,19-16-,20-17-,25-23-,26-24-. The fraction of sp³-hybridized carbons (Fsp3) is 0.782. The average molecular weight is 839 g/mol. The van der Waals surface area contributed by atoms with E-state index in [1.54, 1.807) is 0 Å². The van der Waals surface area contributed by atoms with Gasteiger partial charge < -0.3 is 14.2 Å². The van der Waals surface area contributed by atoms with Crippen LogP contribution in [0, 0.1) is 0 Å². The fourth-order valence-corrected chi connectivity index (χ4v) is 7.20. The van der Waals surface area contributed by atoms with Crippen molar-refractivity contribution in [2.24, 2.45) is 0 Å². The van der Waals surface area contributed by atoms with Crippen molar-refractivity contribution < 1.29 is 23.8 Å². The summed E-state index contributed by atoms with van der Waals surface area (Å²) in [4.78, 5) is 25.3. The molecule has 0 aromatic heterocycles. The highest BCUT2D eigenvalue weighted by Gasteiger charge is 2.17. The maximum Gasteiger partial charge on any atom is 0.306 e. The molecule has 0 amide bonds. The largest absolute Gasteiger partial charge is 0.462 e. The van der Waals surface area contributed by atoms with Gasteiger partial charge in [-0.25, -0.2) is 0 Å². The quantitative estimate of drug-likeness (QED) is 0.0347. The number of allylic oxidation sites excluding steroid dienone is 10. The number of carbonyl (C=O) groups is 2. The molecule has 0 aromatic carbocycles. The molecule has 0 aromatic rings. The summed E-state index contributed by atoms with van der Waals surface area (Å²) >= 11 is 0. The van der Waals surface area contributed by atoms with E-state index >= 15 is 0 Å². The summed E-state index contributed by atoms with van der Waals surface area (Å²) in [5.41, 5.74) is 0. The van der Waals surface area contributed by atoms with Crippen molar-refractivity contribution in [2.45, 2.75) is 258 Å². The van der Waals surface area contributed by atoms with Crippen molar-refractivity contribution in [1.82, 2.24) is 0 Å². The van der Waals surface area contributed by atoms with E-state index in [0.29, 0.717) is 19.4 Å². The van der Waals surface area contributed by atoms with Gasteiger partial charge in [0.05, 0.1) is 6.61 Å².